The molecule has 0 saturated carbocycles. The summed E-state index contributed by atoms with van der Waals surface area (Å²) < 4.78 is 2.19. The number of hydrogen-bond acceptors (Lipinski definition) is 2. The Morgan fingerprint density at radius 1 is 1.47 bits per heavy atom. The third-order valence-corrected chi connectivity index (χ3v) is 3.40. The number of aromatic amines is 1. The highest BCUT2D eigenvalue weighted by Crippen LogP contribution is 2.27. The highest BCUT2D eigenvalue weighted by atomic mass is 127. The fraction of sp³-hybridized carbons (Fsp3) is 0.200. The summed E-state index contributed by atoms with van der Waals surface area (Å²) in [5, 5.41) is 7.11. The van der Waals surface area contributed by atoms with Crippen LogP contribution < -0.4 is 0 Å². The fourth-order valence-electron chi connectivity index (χ4n) is 1.24. The number of benzene rings is 1. The van der Waals surface area contributed by atoms with Crippen LogP contribution in [0, 0.1) is 3.57 Å². The second-order valence-electron chi connectivity index (χ2n) is 3.08. The van der Waals surface area contributed by atoms with E-state index in [1.807, 2.05) is 19.1 Å². The molecule has 0 radical (unpaired) electrons. The molecule has 0 aliphatic rings. The van der Waals surface area contributed by atoms with Gasteiger partial charge in [0.15, 0.2) is 5.82 Å². The molecule has 0 aliphatic carbocycles. The highest BCUT2D eigenvalue weighted by Gasteiger charge is 2.08. The van der Waals surface area contributed by atoms with E-state index >= 15 is 0 Å². The maximum atomic E-state index is 4.40. The van der Waals surface area contributed by atoms with E-state index in [1.54, 1.807) is 0 Å². The molecule has 5 heteroatoms. The number of nitrogens with zero attached hydrogens (tertiary/aromatic N) is 2. The SMILES string of the molecule is CCc1nc(-c2cc(I)ccc2Br)n[nH]1. The Kier molecular flexibility index (Phi) is 3.40. The first-order chi connectivity index (χ1) is 7.20. The number of hydrogen-bond donors (Lipinski definition) is 1. The van der Waals surface area contributed by atoms with Crippen LogP contribution in [0.25, 0.3) is 11.4 Å². The third-order valence-electron chi connectivity index (χ3n) is 2.04. The van der Waals surface area contributed by atoms with Crippen LogP contribution in [0.3, 0.4) is 0 Å². The summed E-state index contributed by atoms with van der Waals surface area (Å²) >= 11 is 5.78. The van der Waals surface area contributed by atoms with Crippen molar-refractivity contribution in [1.29, 1.82) is 0 Å². The Morgan fingerprint density at radius 3 is 2.93 bits per heavy atom. The van der Waals surface area contributed by atoms with E-state index < -0.39 is 0 Å². The van der Waals surface area contributed by atoms with Gasteiger partial charge in [-0.05, 0) is 40.8 Å². The van der Waals surface area contributed by atoms with E-state index in [1.165, 1.54) is 3.57 Å². The van der Waals surface area contributed by atoms with Crippen LogP contribution >= 0.6 is 38.5 Å². The minimum Gasteiger partial charge on any atom is -0.263 e. The van der Waals surface area contributed by atoms with Crippen molar-refractivity contribution in [1.82, 2.24) is 15.2 Å². The van der Waals surface area contributed by atoms with Crippen molar-refractivity contribution in [2.45, 2.75) is 13.3 Å². The number of rotatable bonds is 2. The molecule has 78 valence electrons. The molecule has 0 amide bonds. The van der Waals surface area contributed by atoms with Gasteiger partial charge in [-0.15, -0.1) is 0 Å². The zero-order chi connectivity index (χ0) is 10.8. The molecule has 1 aromatic carbocycles. The predicted molar refractivity (Wildman–Crippen MR) is 71.6 cm³/mol. The normalized spacial score (nSPS) is 10.6. The Labute approximate surface area is 110 Å². The van der Waals surface area contributed by atoms with Crippen LogP contribution in [-0.4, -0.2) is 15.2 Å². The molecule has 0 aliphatic heterocycles. The molecular formula is C10H9BrIN3. The zero-order valence-electron chi connectivity index (χ0n) is 8.09. The van der Waals surface area contributed by atoms with E-state index in [4.69, 9.17) is 0 Å². The minimum absolute atomic E-state index is 0.747. The van der Waals surface area contributed by atoms with Gasteiger partial charge in [0, 0.05) is 20.0 Å². The summed E-state index contributed by atoms with van der Waals surface area (Å²) in [6.45, 7) is 2.05. The molecule has 0 fully saturated rings. The van der Waals surface area contributed by atoms with Gasteiger partial charge in [0.05, 0.1) is 0 Å². The van der Waals surface area contributed by atoms with E-state index in [2.05, 4.69) is 59.8 Å². The van der Waals surface area contributed by atoms with Gasteiger partial charge >= 0.3 is 0 Å². The summed E-state index contributed by atoms with van der Waals surface area (Å²) in [4.78, 5) is 4.40. The molecule has 0 saturated heterocycles. The Bertz CT molecular complexity index is 481. The van der Waals surface area contributed by atoms with Gasteiger partial charge < -0.3 is 0 Å². The third kappa shape index (κ3) is 2.39. The maximum Gasteiger partial charge on any atom is 0.182 e. The number of halogens is 2. The first-order valence-electron chi connectivity index (χ1n) is 4.57. The number of nitrogens with one attached hydrogen (secondary N) is 1. The van der Waals surface area contributed by atoms with E-state index in [9.17, 15) is 0 Å². The van der Waals surface area contributed by atoms with Crippen LogP contribution in [-0.2, 0) is 6.42 Å². The summed E-state index contributed by atoms with van der Waals surface area (Å²) in [6.07, 6.45) is 0.870. The molecule has 3 nitrogen and oxygen atoms in total. The van der Waals surface area contributed by atoms with Gasteiger partial charge in [0.1, 0.15) is 5.82 Å². The van der Waals surface area contributed by atoms with Crippen LogP contribution in [0.2, 0.25) is 0 Å². The van der Waals surface area contributed by atoms with Gasteiger partial charge in [0.25, 0.3) is 0 Å². The lowest BCUT2D eigenvalue weighted by atomic mass is 10.2. The first-order valence-corrected chi connectivity index (χ1v) is 6.44. The lowest BCUT2D eigenvalue weighted by Crippen LogP contribution is -1.85. The zero-order valence-corrected chi connectivity index (χ0v) is 11.8. The summed E-state index contributed by atoms with van der Waals surface area (Å²) in [5.41, 5.74) is 1.03. The minimum atomic E-state index is 0.747. The molecular weight excluding hydrogens is 369 g/mol. The Hall–Kier alpha value is -0.430. The molecule has 15 heavy (non-hydrogen) atoms. The van der Waals surface area contributed by atoms with E-state index in [-0.39, 0.29) is 0 Å². The molecule has 2 aromatic rings. The van der Waals surface area contributed by atoms with Crippen molar-refractivity contribution in [2.24, 2.45) is 0 Å². The van der Waals surface area contributed by atoms with Crippen molar-refractivity contribution in [3.8, 4) is 11.4 Å². The van der Waals surface area contributed by atoms with Crippen molar-refractivity contribution in [3.63, 3.8) is 0 Å². The van der Waals surface area contributed by atoms with Crippen LogP contribution in [0.5, 0.6) is 0 Å². The molecule has 1 heterocycles. The van der Waals surface area contributed by atoms with Gasteiger partial charge in [-0.1, -0.05) is 22.9 Å². The largest absolute Gasteiger partial charge is 0.263 e. The van der Waals surface area contributed by atoms with Crippen molar-refractivity contribution >= 4 is 38.5 Å². The summed E-state index contributed by atoms with van der Waals surface area (Å²) in [7, 11) is 0. The average Bonchev–Trinajstić information content (AvgIpc) is 2.70. The van der Waals surface area contributed by atoms with Gasteiger partial charge in [-0.25, -0.2) is 4.98 Å². The quantitative estimate of drug-likeness (QED) is 0.815. The van der Waals surface area contributed by atoms with E-state index in [0.717, 1.165) is 28.1 Å². The molecule has 1 N–H and O–H groups in total. The fourth-order valence-corrected chi connectivity index (χ4v) is 2.16. The topological polar surface area (TPSA) is 41.6 Å². The standard InChI is InChI=1S/C10H9BrIN3/c1-2-9-13-10(15-14-9)7-5-6(12)3-4-8(7)11/h3-5H,2H2,1H3,(H,13,14,15). The monoisotopic (exact) mass is 377 g/mol. The summed E-state index contributed by atoms with van der Waals surface area (Å²) in [5.74, 6) is 1.66. The van der Waals surface area contributed by atoms with Gasteiger partial charge in [0.2, 0.25) is 0 Å². The lowest BCUT2D eigenvalue weighted by molar-refractivity contribution is 0.946. The lowest BCUT2D eigenvalue weighted by Gasteiger charge is -1.99. The van der Waals surface area contributed by atoms with Crippen LogP contribution in [0.1, 0.15) is 12.7 Å². The number of H-pyrrole nitrogens is 1. The number of aromatic nitrogens is 3. The smallest absolute Gasteiger partial charge is 0.182 e. The molecule has 1 aromatic heterocycles. The van der Waals surface area contributed by atoms with E-state index in [0.29, 0.717) is 0 Å². The molecule has 0 bridgehead atoms. The first kappa shape index (κ1) is 11.1. The van der Waals surface area contributed by atoms with Crippen molar-refractivity contribution in [2.75, 3.05) is 0 Å². The Morgan fingerprint density at radius 2 is 2.27 bits per heavy atom. The number of aryl methyl sites for hydroxylation is 1. The predicted octanol–water partition coefficient (Wildman–Crippen LogP) is 3.40. The van der Waals surface area contributed by atoms with Crippen LogP contribution in [0.15, 0.2) is 22.7 Å². The molecule has 0 spiro atoms. The maximum absolute atomic E-state index is 4.40. The molecule has 0 atom stereocenters. The van der Waals surface area contributed by atoms with Crippen LogP contribution in [0.4, 0.5) is 0 Å². The van der Waals surface area contributed by atoms with Gasteiger partial charge in [-0.2, -0.15) is 5.10 Å². The highest BCUT2D eigenvalue weighted by molar-refractivity contribution is 14.1. The molecule has 0 unspecified atom stereocenters. The Balaban J connectivity index is 2.48. The molecule has 2 rings (SSSR count). The van der Waals surface area contributed by atoms with Gasteiger partial charge in [-0.3, -0.25) is 5.10 Å². The second kappa shape index (κ2) is 4.61. The summed E-state index contributed by atoms with van der Waals surface area (Å²) in [6, 6.07) is 6.12. The average molecular weight is 378 g/mol. The van der Waals surface area contributed by atoms with Crippen molar-refractivity contribution < 1.29 is 0 Å². The van der Waals surface area contributed by atoms with Crippen molar-refractivity contribution in [3.05, 3.63) is 32.1 Å². The second-order valence-corrected chi connectivity index (χ2v) is 5.18.